The predicted molar refractivity (Wildman–Crippen MR) is 96.7 cm³/mol. The van der Waals surface area contributed by atoms with E-state index in [1.165, 1.54) is 5.56 Å². The van der Waals surface area contributed by atoms with Crippen LogP contribution in [0.2, 0.25) is 0 Å². The Bertz CT molecular complexity index is 640. The van der Waals surface area contributed by atoms with Crippen molar-refractivity contribution >= 4 is 11.7 Å². The number of likely N-dealkylation sites (tertiary alicyclic amines) is 1. The number of aryl methyl sites for hydroxylation is 1. The van der Waals surface area contributed by atoms with Gasteiger partial charge in [0.15, 0.2) is 6.10 Å². The monoisotopic (exact) mass is 345 g/mol. The molecule has 0 bridgehead atoms. The number of rotatable bonds is 3. The van der Waals surface area contributed by atoms with Crippen molar-refractivity contribution in [3.8, 4) is 0 Å². The van der Waals surface area contributed by atoms with Crippen LogP contribution in [0, 0.1) is 6.92 Å². The Morgan fingerprint density at radius 1 is 1.36 bits per heavy atom. The molecule has 3 rings (SSSR count). The Hall–Kier alpha value is -2.08. The molecule has 0 spiro atoms. The largest absolute Gasteiger partial charge is 0.390 e. The fourth-order valence-corrected chi connectivity index (χ4v) is 3.23. The molecule has 136 valence electrons. The van der Waals surface area contributed by atoms with Crippen LogP contribution < -0.4 is 5.32 Å². The number of urea groups is 1. The first-order valence-electron chi connectivity index (χ1n) is 8.98. The molecule has 1 aromatic carbocycles. The number of carbonyl (C=O) groups is 1. The van der Waals surface area contributed by atoms with E-state index >= 15 is 0 Å². The molecule has 1 aromatic rings. The van der Waals surface area contributed by atoms with Crippen LogP contribution in [0.25, 0.3) is 0 Å². The second-order valence-electron chi connectivity index (χ2n) is 7.36. The summed E-state index contributed by atoms with van der Waals surface area (Å²) in [5.74, 6) is 0. The molecule has 1 fully saturated rings. The van der Waals surface area contributed by atoms with Gasteiger partial charge in [-0.25, -0.2) is 4.79 Å². The Morgan fingerprint density at radius 2 is 2.12 bits per heavy atom. The van der Waals surface area contributed by atoms with Gasteiger partial charge in [-0.2, -0.15) is 0 Å². The Balaban J connectivity index is 1.45. The molecule has 25 heavy (non-hydrogen) atoms. The van der Waals surface area contributed by atoms with E-state index in [4.69, 9.17) is 4.84 Å². The minimum Gasteiger partial charge on any atom is -0.390 e. The summed E-state index contributed by atoms with van der Waals surface area (Å²) < 4.78 is 0. The molecule has 2 atom stereocenters. The van der Waals surface area contributed by atoms with Gasteiger partial charge >= 0.3 is 6.03 Å². The fourth-order valence-electron chi connectivity index (χ4n) is 3.23. The molecule has 2 aliphatic rings. The third-order valence-corrected chi connectivity index (χ3v) is 4.95. The minimum atomic E-state index is -0.666. The van der Waals surface area contributed by atoms with Crippen molar-refractivity contribution in [2.75, 3.05) is 19.6 Å². The van der Waals surface area contributed by atoms with Crippen molar-refractivity contribution in [3.05, 3.63) is 35.4 Å². The Morgan fingerprint density at radius 3 is 2.88 bits per heavy atom. The third kappa shape index (κ3) is 4.72. The van der Waals surface area contributed by atoms with Crippen LogP contribution in [-0.2, 0) is 4.84 Å². The lowest BCUT2D eigenvalue weighted by Gasteiger charge is -2.23. The first-order chi connectivity index (χ1) is 11.9. The van der Waals surface area contributed by atoms with Crippen LogP contribution in [0.4, 0.5) is 4.79 Å². The van der Waals surface area contributed by atoms with Crippen LogP contribution in [0.1, 0.15) is 43.7 Å². The summed E-state index contributed by atoms with van der Waals surface area (Å²) in [5, 5.41) is 17.2. The molecule has 2 N–H and O–H groups in total. The fraction of sp³-hybridized carbons (Fsp3) is 0.579. The van der Waals surface area contributed by atoms with Crippen LogP contribution in [0.3, 0.4) is 0 Å². The summed E-state index contributed by atoms with van der Waals surface area (Å²) in [6.45, 7) is 5.58. The number of amides is 2. The van der Waals surface area contributed by atoms with E-state index in [0.717, 1.165) is 24.1 Å². The number of nitrogens with zero attached hydrogens (tertiary/aromatic N) is 2. The van der Waals surface area contributed by atoms with Crippen molar-refractivity contribution in [3.63, 3.8) is 0 Å². The molecule has 0 aromatic heterocycles. The van der Waals surface area contributed by atoms with Gasteiger partial charge in [-0.15, -0.1) is 0 Å². The summed E-state index contributed by atoms with van der Waals surface area (Å²) in [7, 11) is 0. The van der Waals surface area contributed by atoms with E-state index in [1.54, 1.807) is 4.90 Å². The molecular weight excluding hydrogens is 318 g/mol. The molecular formula is C19H27N3O3. The molecule has 6 heteroatoms. The smallest absolute Gasteiger partial charge is 0.317 e. The number of benzene rings is 1. The maximum absolute atomic E-state index is 12.3. The van der Waals surface area contributed by atoms with Crippen LogP contribution in [-0.4, -0.2) is 53.1 Å². The lowest BCUT2D eigenvalue weighted by molar-refractivity contribution is 0.0455. The first kappa shape index (κ1) is 17.7. The van der Waals surface area contributed by atoms with Gasteiger partial charge in [0.25, 0.3) is 0 Å². The van der Waals surface area contributed by atoms with E-state index in [1.807, 2.05) is 19.1 Å². The van der Waals surface area contributed by atoms with Crippen LogP contribution >= 0.6 is 0 Å². The van der Waals surface area contributed by atoms with Gasteiger partial charge in [0.1, 0.15) is 0 Å². The maximum atomic E-state index is 12.3. The van der Waals surface area contributed by atoms with Crippen LogP contribution in [0.15, 0.2) is 29.4 Å². The quantitative estimate of drug-likeness (QED) is 0.884. The highest BCUT2D eigenvalue weighted by Crippen LogP contribution is 2.21. The summed E-state index contributed by atoms with van der Waals surface area (Å²) in [6.07, 6.45) is 2.73. The topological polar surface area (TPSA) is 74.2 Å². The SMILES string of the molecule is Cc1ccc(C2=NOC(CNC(=O)N3CCCC(C)(O)CC3)C2)cc1. The summed E-state index contributed by atoms with van der Waals surface area (Å²) >= 11 is 0. The molecule has 2 aliphatic heterocycles. The standard InChI is InChI=1S/C19H27N3O3/c1-14-4-6-15(7-5-14)17-12-16(25-21-17)13-20-18(23)22-10-3-8-19(2,24)9-11-22/h4-7,16,24H,3,8-13H2,1-2H3,(H,20,23). The lowest BCUT2D eigenvalue weighted by Crippen LogP contribution is -2.43. The summed E-state index contributed by atoms with van der Waals surface area (Å²) in [6, 6.07) is 8.11. The van der Waals surface area contributed by atoms with Gasteiger partial charge in [-0.3, -0.25) is 0 Å². The van der Waals surface area contributed by atoms with E-state index in [2.05, 4.69) is 29.5 Å². The van der Waals surface area contributed by atoms with E-state index in [-0.39, 0.29) is 12.1 Å². The number of nitrogens with one attached hydrogen (secondary N) is 1. The zero-order valence-electron chi connectivity index (χ0n) is 15.0. The number of carbonyl (C=O) groups excluding carboxylic acids is 1. The first-order valence-corrected chi connectivity index (χ1v) is 8.98. The average Bonchev–Trinajstić information content (AvgIpc) is 2.97. The number of hydrogen-bond acceptors (Lipinski definition) is 4. The van der Waals surface area contributed by atoms with E-state index in [9.17, 15) is 9.90 Å². The molecule has 0 aliphatic carbocycles. The van der Waals surface area contributed by atoms with E-state index < -0.39 is 5.60 Å². The molecule has 0 saturated carbocycles. The van der Waals surface area contributed by atoms with Gasteiger partial charge < -0.3 is 20.2 Å². The van der Waals surface area contributed by atoms with Crippen molar-refractivity contribution in [2.24, 2.45) is 5.16 Å². The lowest BCUT2D eigenvalue weighted by atomic mass is 9.98. The average molecular weight is 345 g/mol. The summed E-state index contributed by atoms with van der Waals surface area (Å²) in [5.41, 5.74) is 2.53. The number of hydrogen-bond donors (Lipinski definition) is 2. The number of aliphatic hydroxyl groups is 1. The van der Waals surface area contributed by atoms with Crippen LogP contribution in [0.5, 0.6) is 0 Å². The molecule has 6 nitrogen and oxygen atoms in total. The second-order valence-corrected chi connectivity index (χ2v) is 7.36. The zero-order chi connectivity index (χ0) is 17.9. The van der Waals surface area contributed by atoms with E-state index in [0.29, 0.717) is 32.5 Å². The summed E-state index contributed by atoms with van der Waals surface area (Å²) in [4.78, 5) is 19.6. The van der Waals surface area contributed by atoms with Crippen molar-refractivity contribution in [1.82, 2.24) is 10.2 Å². The highest BCUT2D eigenvalue weighted by atomic mass is 16.6. The maximum Gasteiger partial charge on any atom is 0.317 e. The normalized spacial score (nSPS) is 26.6. The Labute approximate surface area is 148 Å². The molecule has 2 unspecified atom stereocenters. The Kier molecular flexibility index (Phi) is 5.27. The van der Waals surface area contributed by atoms with Gasteiger partial charge in [0.2, 0.25) is 0 Å². The molecule has 2 amide bonds. The molecule has 2 heterocycles. The van der Waals surface area contributed by atoms with Crippen molar-refractivity contribution in [1.29, 1.82) is 0 Å². The van der Waals surface area contributed by atoms with Gasteiger partial charge in [0.05, 0.1) is 17.9 Å². The van der Waals surface area contributed by atoms with Gasteiger partial charge in [-0.05, 0) is 38.7 Å². The molecule has 1 saturated heterocycles. The number of oxime groups is 1. The van der Waals surface area contributed by atoms with Gasteiger partial charge in [-0.1, -0.05) is 35.0 Å². The highest BCUT2D eigenvalue weighted by molar-refractivity contribution is 6.01. The van der Waals surface area contributed by atoms with Crippen molar-refractivity contribution < 1.29 is 14.7 Å². The van der Waals surface area contributed by atoms with Crippen molar-refractivity contribution in [2.45, 2.75) is 51.2 Å². The minimum absolute atomic E-state index is 0.0925. The second kappa shape index (κ2) is 7.44. The van der Waals surface area contributed by atoms with Gasteiger partial charge in [0, 0.05) is 19.5 Å². The zero-order valence-corrected chi connectivity index (χ0v) is 15.0. The third-order valence-electron chi connectivity index (χ3n) is 4.95. The highest BCUT2D eigenvalue weighted by Gasteiger charge is 2.28. The molecule has 0 radical (unpaired) electrons. The predicted octanol–water partition coefficient (Wildman–Crippen LogP) is 2.43.